The lowest BCUT2D eigenvalue weighted by Crippen LogP contribution is -2.45. The average molecular weight is 840 g/mol. The minimum absolute atomic E-state index is 0.0873. The molecule has 0 aliphatic carbocycles. The smallest absolute Gasteiger partial charge is 0.220 e. The van der Waals surface area contributed by atoms with Gasteiger partial charge in [-0.05, 0) is 103 Å². The van der Waals surface area contributed by atoms with Crippen LogP contribution in [0.1, 0.15) is 200 Å². The number of aliphatic hydroxyl groups excluding tert-OH is 2. The molecule has 1 amide bonds. The lowest BCUT2D eigenvalue weighted by molar-refractivity contribution is -0.123. The fraction of sp³-hybridized carbons (Fsp3) is 0.596. The summed E-state index contributed by atoms with van der Waals surface area (Å²) >= 11 is 0. The van der Waals surface area contributed by atoms with Gasteiger partial charge >= 0.3 is 0 Å². The van der Waals surface area contributed by atoms with Gasteiger partial charge in [0.05, 0.1) is 18.8 Å². The summed E-state index contributed by atoms with van der Waals surface area (Å²) in [6, 6.07) is -0.651. The van der Waals surface area contributed by atoms with Crippen LogP contribution in [0.25, 0.3) is 0 Å². The number of amides is 1. The highest BCUT2D eigenvalue weighted by Gasteiger charge is 2.17. The molecule has 0 fully saturated rings. The third-order valence-corrected chi connectivity index (χ3v) is 10.4. The number of nitrogens with one attached hydrogen (secondary N) is 1. The fourth-order valence-electron chi connectivity index (χ4n) is 6.64. The van der Waals surface area contributed by atoms with Crippen molar-refractivity contribution < 1.29 is 15.0 Å². The second-order valence-electron chi connectivity index (χ2n) is 16.1. The van der Waals surface area contributed by atoms with E-state index in [2.05, 4.69) is 141 Å². The first-order chi connectivity index (χ1) is 30.2. The molecule has 0 saturated heterocycles. The SMILES string of the molecule is CC/C=C\C/C=C\C/C=C\C/C=C\C/C=C\C/C=C\C/C=C\C/C=C\CCCCCCCCCCCCCCCCC(=O)NC(CO)C(O)/C=C/CC/C=C/CC/C=C/CC. The van der Waals surface area contributed by atoms with Crippen molar-refractivity contribution in [2.75, 3.05) is 6.61 Å². The first-order valence-corrected chi connectivity index (χ1v) is 24.9. The molecule has 0 spiro atoms. The average Bonchev–Trinajstić information content (AvgIpc) is 3.26. The van der Waals surface area contributed by atoms with E-state index in [1.54, 1.807) is 6.08 Å². The predicted octanol–water partition coefficient (Wildman–Crippen LogP) is 16.3. The molecule has 2 unspecified atom stereocenters. The van der Waals surface area contributed by atoms with E-state index in [1.165, 1.54) is 83.5 Å². The van der Waals surface area contributed by atoms with Gasteiger partial charge in [-0.2, -0.15) is 0 Å². The Hall–Kier alpha value is -3.47. The van der Waals surface area contributed by atoms with Gasteiger partial charge in [-0.3, -0.25) is 4.79 Å². The van der Waals surface area contributed by atoms with Crippen LogP contribution >= 0.6 is 0 Å². The van der Waals surface area contributed by atoms with Gasteiger partial charge in [-0.25, -0.2) is 0 Å². The molecule has 0 heterocycles. The highest BCUT2D eigenvalue weighted by molar-refractivity contribution is 5.76. The molecular weight excluding hydrogens is 747 g/mol. The van der Waals surface area contributed by atoms with Crippen LogP contribution in [-0.2, 0) is 4.79 Å². The largest absolute Gasteiger partial charge is 0.394 e. The number of hydrogen-bond donors (Lipinski definition) is 3. The summed E-state index contributed by atoms with van der Waals surface area (Å²) in [7, 11) is 0. The first kappa shape index (κ1) is 57.5. The Morgan fingerprint density at radius 3 is 1.08 bits per heavy atom. The maximum absolute atomic E-state index is 12.4. The van der Waals surface area contributed by atoms with Gasteiger partial charge in [0.1, 0.15) is 0 Å². The van der Waals surface area contributed by atoms with E-state index in [0.717, 1.165) is 96.3 Å². The van der Waals surface area contributed by atoms with E-state index in [0.29, 0.717) is 6.42 Å². The van der Waals surface area contributed by atoms with Crippen molar-refractivity contribution in [3.63, 3.8) is 0 Å². The molecule has 61 heavy (non-hydrogen) atoms. The maximum Gasteiger partial charge on any atom is 0.220 e. The molecule has 2 atom stereocenters. The summed E-state index contributed by atoms with van der Waals surface area (Å²) in [5, 5.41) is 22.9. The zero-order chi connectivity index (χ0) is 44.2. The zero-order valence-corrected chi connectivity index (χ0v) is 39.4. The van der Waals surface area contributed by atoms with Gasteiger partial charge in [0.2, 0.25) is 5.91 Å². The fourth-order valence-corrected chi connectivity index (χ4v) is 6.64. The van der Waals surface area contributed by atoms with Crippen molar-refractivity contribution in [2.45, 2.75) is 212 Å². The van der Waals surface area contributed by atoms with Crippen molar-refractivity contribution in [1.82, 2.24) is 5.32 Å². The third-order valence-electron chi connectivity index (χ3n) is 10.4. The monoisotopic (exact) mass is 840 g/mol. The number of aliphatic hydroxyl groups is 2. The van der Waals surface area contributed by atoms with E-state index >= 15 is 0 Å². The summed E-state index contributed by atoms with van der Waals surface area (Å²) in [5.41, 5.74) is 0. The normalized spacial score (nSPS) is 14.1. The molecule has 0 aromatic rings. The molecule has 0 aromatic carbocycles. The predicted molar refractivity (Wildman–Crippen MR) is 271 cm³/mol. The van der Waals surface area contributed by atoms with E-state index in [-0.39, 0.29) is 12.5 Å². The number of allylic oxidation sites excluding steroid dienone is 21. The summed E-state index contributed by atoms with van der Waals surface area (Å²) in [6.07, 6.45) is 80.3. The Morgan fingerprint density at radius 1 is 0.393 bits per heavy atom. The molecule has 0 radical (unpaired) electrons. The highest BCUT2D eigenvalue weighted by Crippen LogP contribution is 2.14. The molecule has 0 rings (SSSR count). The van der Waals surface area contributed by atoms with Gasteiger partial charge in [-0.15, -0.1) is 0 Å². The highest BCUT2D eigenvalue weighted by atomic mass is 16.3. The number of rotatable bonds is 43. The third kappa shape index (κ3) is 47.4. The summed E-state index contributed by atoms with van der Waals surface area (Å²) in [6.45, 7) is 4.04. The lowest BCUT2D eigenvalue weighted by Gasteiger charge is -2.19. The second kappa shape index (κ2) is 50.9. The van der Waals surface area contributed by atoms with Gasteiger partial charge < -0.3 is 15.5 Å². The van der Waals surface area contributed by atoms with Crippen molar-refractivity contribution in [1.29, 1.82) is 0 Å². The summed E-state index contributed by atoms with van der Waals surface area (Å²) in [4.78, 5) is 12.4. The van der Waals surface area contributed by atoms with Crippen molar-refractivity contribution >= 4 is 5.91 Å². The van der Waals surface area contributed by atoms with Crippen molar-refractivity contribution in [3.05, 3.63) is 134 Å². The van der Waals surface area contributed by atoms with Crippen LogP contribution in [0.15, 0.2) is 134 Å². The van der Waals surface area contributed by atoms with Crippen molar-refractivity contribution in [2.24, 2.45) is 0 Å². The molecule has 0 bridgehead atoms. The van der Waals surface area contributed by atoms with Crippen LogP contribution in [0.5, 0.6) is 0 Å². The van der Waals surface area contributed by atoms with E-state index in [9.17, 15) is 15.0 Å². The number of hydrogen-bond acceptors (Lipinski definition) is 3. The quantitative estimate of drug-likeness (QED) is 0.0423. The Morgan fingerprint density at radius 2 is 0.689 bits per heavy atom. The van der Waals surface area contributed by atoms with Gasteiger partial charge in [0, 0.05) is 6.42 Å². The first-order valence-electron chi connectivity index (χ1n) is 24.9. The molecule has 3 N–H and O–H groups in total. The zero-order valence-electron chi connectivity index (χ0n) is 39.4. The minimum Gasteiger partial charge on any atom is -0.394 e. The molecular formula is C57H93NO3. The van der Waals surface area contributed by atoms with Crippen molar-refractivity contribution in [3.8, 4) is 0 Å². The Kier molecular flexibility index (Phi) is 48.0. The maximum atomic E-state index is 12.4. The number of unbranched alkanes of at least 4 members (excludes halogenated alkanes) is 16. The van der Waals surface area contributed by atoms with Gasteiger partial charge in [0.15, 0.2) is 0 Å². The summed E-state index contributed by atoms with van der Waals surface area (Å²) < 4.78 is 0. The lowest BCUT2D eigenvalue weighted by atomic mass is 10.0. The Bertz CT molecular complexity index is 1270. The molecule has 4 heteroatoms. The Balaban J connectivity index is 3.56. The molecule has 0 aliphatic heterocycles. The van der Waals surface area contributed by atoms with Crippen LogP contribution in [0.3, 0.4) is 0 Å². The van der Waals surface area contributed by atoms with Crippen LogP contribution in [-0.4, -0.2) is 34.9 Å². The molecule has 0 aromatic heterocycles. The van der Waals surface area contributed by atoms with E-state index in [1.807, 2.05) is 6.08 Å². The van der Waals surface area contributed by atoms with Crippen LogP contribution in [0.4, 0.5) is 0 Å². The Labute approximate surface area is 377 Å². The van der Waals surface area contributed by atoms with E-state index < -0.39 is 12.1 Å². The molecule has 344 valence electrons. The second-order valence-corrected chi connectivity index (χ2v) is 16.1. The van der Waals surface area contributed by atoms with E-state index in [4.69, 9.17) is 0 Å². The molecule has 4 nitrogen and oxygen atoms in total. The standard InChI is InChI=1S/C57H93NO3/c1-3-5-7-9-11-13-15-16-17-18-19-20-21-22-23-24-25-26-27-28-29-30-31-32-33-34-35-36-37-38-39-40-41-42-43-45-47-49-51-53-57(61)58-55(54-59)56(60)52-50-48-46-44-14-12-10-8-6-4-2/h5-8,11,13-14,16-17,19-20,22-23,25-26,28-29,31-32,44,50,52,55-56,59-60H,3-4,9-10,12,15,18,21,24,27,30,33-43,45-49,51,53-54H2,1-2H3,(H,58,61)/b7-5-,8-6+,13-11-,17-16-,20-19-,23-22-,26-25-,29-28-,32-31-,44-14+,52-50+. The topological polar surface area (TPSA) is 69.6 Å². The molecule has 0 saturated carbocycles. The van der Waals surface area contributed by atoms with Crippen LogP contribution in [0.2, 0.25) is 0 Å². The number of carbonyl (C=O) groups is 1. The summed E-state index contributed by atoms with van der Waals surface area (Å²) in [5.74, 6) is -0.0873. The number of carbonyl (C=O) groups excluding carboxylic acids is 1. The molecule has 0 aliphatic rings. The van der Waals surface area contributed by atoms with Gasteiger partial charge in [-0.1, -0.05) is 225 Å². The minimum atomic E-state index is -0.875. The van der Waals surface area contributed by atoms with Crippen LogP contribution in [0, 0.1) is 0 Å². The van der Waals surface area contributed by atoms with Gasteiger partial charge in [0.25, 0.3) is 0 Å². The van der Waals surface area contributed by atoms with Crippen LogP contribution < -0.4 is 5.32 Å².